The largest absolute Gasteiger partial charge is 0.355 e. The van der Waals surface area contributed by atoms with Gasteiger partial charge in [-0.15, -0.1) is 0 Å². The number of likely N-dealkylation sites (tertiary alicyclic amines) is 1. The smallest absolute Gasteiger partial charge is 0.267 e. The van der Waals surface area contributed by atoms with Crippen LogP contribution in [0.4, 0.5) is 20.5 Å². The van der Waals surface area contributed by atoms with Gasteiger partial charge < -0.3 is 14.7 Å². The predicted molar refractivity (Wildman–Crippen MR) is 134 cm³/mol. The number of alkyl halides is 2. The molecule has 0 saturated carbocycles. The third-order valence-corrected chi connectivity index (χ3v) is 7.79. The van der Waals surface area contributed by atoms with Crippen molar-refractivity contribution in [3.05, 3.63) is 42.1 Å². The molecule has 0 aliphatic carbocycles. The molecule has 1 spiro atoms. The van der Waals surface area contributed by atoms with Crippen molar-refractivity contribution >= 4 is 28.6 Å². The van der Waals surface area contributed by atoms with Gasteiger partial charge in [-0.3, -0.25) is 9.89 Å². The fourth-order valence-electron chi connectivity index (χ4n) is 5.86. The summed E-state index contributed by atoms with van der Waals surface area (Å²) < 4.78 is 28.3. The zero-order chi connectivity index (χ0) is 25.9. The summed E-state index contributed by atoms with van der Waals surface area (Å²) in [5, 5.41) is 18.3. The first-order valence-corrected chi connectivity index (χ1v) is 12.3. The number of aryl methyl sites for hydroxylation is 1. The molecule has 2 aromatic heterocycles. The van der Waals surface area contributed by atoms with Crippen molar-refractivity contribution in [1.29, 1.82) is 5.26 Å². The number of benzene rings is 1. The Bertz CT molecular complexity index is 1470. The molecule has 3 fully saturated rings. The SMILES string of the molecule is C=CC(=O)N1CC2(CCN(c3nc(N4CCC(F)(F)C4)nc(-c4c(C)ccc5[nH]ncc45)c3C#N)C2)C1. The standard InChI is InChI=1S/C26H26F2N8O/c1-3-20(37)36-13-25(14-36)6-8-34(12-25)23-17(10-29)22(21-16(2)4-5-19-18(21)11-30-33-19)31-24(32-23)35-9-7-26(27,28)15-35/h3-5,11H,1,6-9,12-15H2,2H3,(H,30,33). The lowest BCUT2D eigenvalue weighted by Gasteiger charge is -2.47. The second-order valence-corrected chi connectivity index (χ2v) is 10.4. The number of nitriles is 1. The van der Waals surface area contributed by atoms with E-state index >= 15 is 0 Å². The number of nitrogens with zero attached hydrogens (tertiary/aromatic N) is 7. The number of halogens is 2. The number of rotatable bonds is 4. The number of carbonyl (C=O) groups is 1. The second kappa shape index (κ2) is 8.23. The van der Waals surface area contributed by atoms with E-state index in [2.05, 4.69) is 22.8 Å². The highest BCUT2D eigenvalue weighted by atomic mass is 19.3. The van der Waals surface area contributed by atoms with Gasteiger partial charge in [0.25, 0.3) is 5.92 Å². The Morgan fingerprint density at radius 1 is 1.16 bits per heavy atom. The van der Waals surface area contributed by atoms with Crippen molar-refractivity contribution in [2.45, 2.75) is 25.7 Å². The van der Waals surface area contributed by atoms with Gasteiger partial charge in [0, 0.05) is 55.5 Å². The minimum atomic E-state index is -2.82. The van der Waals surface area contributed by atoms with E-state index in [9.17, 15) is 18.8 Å². The molecule has 5 heterocycles. The normalized spacial score (nSPS) is 19.9. The molecular formula is C26H26F2N8O. The molecule has 1 amide bonds. The van der Waals surface area contributed by atoms with Crippen LogP contribution in [0, 0.1) is 23.7 Å². The minimum absolute atomic E-state index is 0.0855. The molecule has 0 bridgehead atoms. The van der Waals surface area contributed by atoms with Crippen molar-refractivity contribution in [2.24, 2.45) is 5.41 Å². The first-order chi connectivity index (χ1) is 17.7. The molecule has 3 aromatic rings. The van der Waals surface area contributed by atoms with E-state index in [4.69, 9.17) is 9.97 Å². The molecular weight excluding hydrogens is 478 g/mol. The number of anilines is 2. The summed E-state index contributed by atoms with van der Waals surface area (Å²) in [7, 11) is 0. The zero-order valence-corrected chi connectivity index (χ0v) is 20.5. The van der Waals surface area contributed by atoms with E-state index in [1.54, 1.807) is 11.1 Å². The maximum Gasteiger partial charge on any atom is 0.267 e. The highest BCUT2D eigenvalue weighted by Crippen LogP contribution is 2.44. The molecule has 6 rings (SSSR count). The van der Waals surface area contributed by atoms with Gasteiger partial charge in [0.1, 0.15) is 11.6 Å². The summed E-state index contributed by atoms with van der Waals surface area (Å²) in [5.74, 6) is -2.27. The van der Waals surface area contributed by atoms with E-state index < -0.39 is 12.5 Å². The van der Waals surface area contributed by atoms with Crippen molar-refractivity contribution in [1.82, 2.24) is 25.1 Å². The Morgan fingerprint density at radius 2 is 1.95 bits per heavy atom. The number of hydrogen-bond donors (Lipinski definition) is 1. The number of H-pyrrole nitrogens is 1. The van der Waals surface area contributed by atoms with Crippen LogP contribution in [0.3, 0.4) is 0 Å². The average Bonchev–Trinajstić information content (AvgIpc) is 3.60. The van der Waals surface area contributed by atoms with Crippen molar-refractivity contribution in [3.8, 4) is 17.3 Å². The molecule has 1 aromatic carbocycles. The molecule has 1 N–H and O–H groups in total. The van der Waals surface area contributed by atoms with E-state index in [0.717, 1.165) is 28.5 Å². The first kappa shape index (κ1) is 23.3. The van der Waals surface area contributed by atoms with Crippen molar-refractivity contribution in [2.75, 3.05) is 49.1 Å². The molecule has 190 valence electrons. The third-order valence-electron chi connectivity index (χ3n) is 7.79. The highest BCUT2D eigenvalue weighted by molar-refractivity contribution is 5.97. The topological polar surface area (TPSA) is 105 Å². The Labute approximate surface area is 212 Å². The quantitative estimate of drug-likeness (QED) is 0.544. The van der Waals surface area contributed by atoms with Crippen LogP contribution in [-0.2, 0) is 4.79 Å². The van der Waals surface area contributed by atoms with Crippen LogP contribution in [0.1, 0.15) is 24.0 Å². The lowest BCUT2D eigenvalue weighted by molar-refractivity contribution is -0.136. The molecule has 3 aliphatic rings. The molecule has 3 aliphatic heterocycles. The van der Waals surface area contributed by atoms with Crippen LogP contribution in [0.5, 0.6) is 0 Å². The lowest BCUT2D eigenvalue weighted by atomic mass is 9.79. The molecule has 9 nitrogen and oxygen atoms in total. The van der Waals surface area contributed by atoms with Gasteiger partial charge in [-0.1, -0.05) is 12.6 Å². The number of aromatic amines is 1. The van der Waals surface area contributed by atoms with Crippen LogP contribution in [0.25, 0.3) is 22.2 Å². The number of carbonyl (C=O) groups excluding carboxylic acids is 1. The summed E-state index contributed by atoms with van der Waals surface area (Å²) in [6.45, 7) is 7.66. The van der Waals surface area contributed by atoms with Gasteiger partial charge in [0.2, 0.25) is 11.9 Å². The third kappa shape index (κ3) is 3.79. The van der Waals surface area contributed by atoms with Crippen LogP contribution in [0.15, 0.2) is 31.0 Å². The van der Waals surface area contributed by atoms with Gasteiger partial charge in [0.15, 0.2) is 5.82 Å². The van der Waals surface area contributed by atoms with Crippen LogP contribution >= 0.6 is 0 Å². The maximum atomic E-state index is 14.2. The molecule has 0 unspecified atom stereocenters. The van der Waals surface area contributed by atoms with Gasteiger partial charge >= 0.3 is 0 Å². The molecule has 0 atom stereocenters. The van der Waals surface area contributed by atoms with E-state index in [0.29, 0.717) is 43.3 Å². The number of hydrogen-bond acceptors (Lipinski definition) is 7. The minimum Gasteiger partial charge on any atom is -0.355 e. The summed E-state index contributed by atoms with van der Waals surface area (Å²) in [6, 6.07) is 6.15. The van der Waals surface area contributed by atoms with E-state index in [1.165, 1.54) is 11.0 Å². The molecule has 11 heteroatoms. The summed E-state index contributed by atoms with van der Waals surface area (Å²) in [5.41, 5.74) is 3.06. The second-order valence-electron chi connectivity index (χ2n) is 10.4. The monoisotopic (exact) mass is 504 g/mol. The molecule has 37 heavy (non-hydrogen) atoms. The van der Waals surface area contributed by atoms with Gasteiger partial charge in [0.05, 0.1) is 24.0 Å². The maximum absolute atomic E-state index is 14.2. The van der Waals surface area contributed by atoms with Crippen LogP contribution in [-0.4, -0.2) is 76.2 Å². The van der Waals surface area contributed by atoms with Crippen molar-refractivity contribution in [3.63, 3.8) is 0 Å². The fourth-order valence-corrected chi connectivity index (χ4v) is 5.86. The lowest BCUT2D eigenvalue weighted by Crippen LogP contribution is -2.59. The van der Waals surface area contributed by atoms with Gasteiger partial charge in [-0.25, -0.2) is 13.8 Å². The van der Waals surface area contributed by atoms with Crippen LogP contribution in [0.2, 0.25) is 0 Å². The Hall–Kier alpha value is -4.07. The summed E-state index contributed by atoms with van der Waals surface area (Å²) in [4.78, 5) is 26.7. The van der Waals surface area contributed by atoms with E-state index in [1.807, 2.05) is 24.0 Å². The zero-order valence-electron chi connectivity index (χ0n) is 20.5. The van der Waals surface area contributed by atoms with Gasteiger partial charge in [-0.2, -0.15) is 15.3 Å². The Balaban J connectivity index is 1.46. The van der Waals surface area contributed by atoms with Crippen LogP contribution < -0.4 is 9.80 Å². The fraction of sp³-hybridized carbons (Fsp3) is 0.423. The number of nitrogens with one attached hydrogen (secondary N) is 1. The first-order valence-electron chi connectivity index (χ1n) is 12.3. The van der Waals surface area contributed by atoms with E-state index in [-0.39, 0.29) is 30.2 Å². The Kier molecular flexibility index (Phi) is 5.19. The number of amides is 1. The highest BCUT2D eigenvalue weighted by Gasteiger charge is 2.50. The average molecular weight is 505 g/mol. The van der Waals surface area contributed by atoms with Gasteiger partial charge in [-0.05, 0) is 31.1 Å². The summed E-state index contributed by atoms with van der Waals surface area (Å²) >= 11 is 0. The number of fused-ring (bicyclic) bond motifs is 1. The predicted octanol–water partition coefficient (Wildman–Crippen LogP) is 3.27. The molecule has 0 radical (unpaired) electrons. The molecule has 3 saturated heterocycles. The van der Waals surface area contributed by atoms with Crippen molar-refractivity contribution < 1.29 is 13.6 Å². The Morgan fingerprint density at radius 3 is 2.65 bits per heavy atom. The summed E-state index contributed by atoms with van der Waals surface area (Å²) in [6.07, 6.45) is 3.58. The number of aromatic nitrogens is 4.